The summed E-state index contributed by atoms with van der Waals surface area (Å²) in [6, 6.07) is 0. The van der Waals surface area contributed by atoms with Gasteiger partial charge in [0.25, 0.3) is 0 Å². The first-order chi connectivity index (χ1) is 10.0. The van der Waals surface area contributed by atoms with Crippen LogP contribution < -0.4 is 5.32 Å². The summed E-state index contributed by atoms with van der Waals surface area (Å²) >= 11 is 0. The summed E-state index contributed by atoms with van der Waals surface area (Å²) in [4.78, 5) is 0.319. The third-order valence-electron chi connectivity index (χ3n) is 3.86. The van der Waals surface area contributed by atoms with Crippen LogP contribution in [0.1, 0.15) is 33.1 Å². The Bertz CT molecular complexity index is 541. The van der Waals surface area contributed by atoms with Crippen LogP contribution in [0, 0.1) is 5.92 Å². The van der Waals surface area contributed by atoms with Gasteiger partial charge in [0.15, 0.2) is 0 Å². The topological polar surface area (TPSA) is 67.2 Å². The lowest BCUT2D eigenvalue weighted by molar-refractivity contribution is 0.281. The van der Waals surface area contributed by atoms with Crippen molar-refractivity contribution in [2.24, 2.45) is 5.92 Å². The van der Waals surface area contributed by atoms with Gasteiger partial charge in [-0.1, -0.05) is 13.8 Å². The van der Waals surface area contributed by atoms with Crippen LogP contribution in [0.3, 0.4) is 0 Å². The van der Waals surface area contributed by atoms with Gasteiger partial charge in [-0.25, -0.2) is 8.42 Å². The number of aryl methyl sites for hydroxylation is 1. The van der Waals surface area contributed by atoms with Gasteiger partial charge in [-0.3, -0.25) is 4.68 Å². The number of hydrogen-bond acceptors (Lipinski definition) is 4. The molecule has 1 aliphatic heterocycles. The normalized spacial score (nSPS) is 20.8. The van der Waals surface area contributed by atoms with E-state index in [9.17, 15) is 8.42 Å². The van der Waals surface area contributed by atoms with Gasteiger partial charge in [0.2, 0.25) is 10.0 Å². The van der Waals surface area contributed by atoms with Gasteiger partial charge in [0, 0.05) is 25.8 Å². The minimum absolute atomic E-state index is 0.319. The van der Waals surface area contributed by atoms with E-state index in [1.54, 1.807) is 15.2 Å². The monoisotopic (exact) mass is 314 g/mol. The predicted octanol–water partition coefficient (Wildman–Crippen LogP) is 1.30. The molecule has 1 unspecified atom stereocenters. The highest BCUT2D eigenvalue weighted by Gasteiger charge is 2.29. The largest absolute Gasteiger partial charge is 0.317 e. The molecule has 1 aromatic rings. The summed E-state index contributed by atoms with van der Waals surface area (Å²) in [6.45, 7) is 8.02. The number of nitrogens with zero attached hydrogens (tertiary/aromatic N) is 3. The van der Waals surface area contributed by atoms with Gasteiger partial charge >= 0.3 is 0 Å². The van der Waals surface area contributed by atoms with Crippen LogP contribution in [-0.4, -0.2) is 48.7 Å². The van der Waals surface area contributed by atoms with Crippen LogP contribution in [0.2, 0.25) is 0 Å². The fraction of sp³-hybridized carbons (Fsp3) is 0.786. The van der Waals surface area contributed by atoms with Crippen LogP contribution in [0.15, 0.2) is 17.3 Å². The zero-order valence-electron chi connectivity index (χ0n) is 13.0. The second kappa shape index (κ2) is 7.38. The first-order valence-electron chi connectivity index (χ1n) is 7.77. The quantitative estimate of drug-likeness (QED) is 0.771. The van der Waals surface area contributed by atoms with Gasteiger partial charge in [0.05, 0.1) is 6.20 Å². The zero-order chi connectivity index (χ0) is 15.3. The summed E-state index contributed by atoms with van der Waals surface area (Å²) in [7, 11) is -3.38. The fourth-order valence-corrected chi connectivity index (χ4v) is 4.21. The molecule has 6 nitrogen and oxygen atoms in total. The first kappa shape index (κ1) is 16.5. The molecule has 1 fully saturated rings. The van der Waals surface area contributed by atoms with Crippen LogP contribution in [0.5, 0.6) is 0 Å². The van der Waals surface area contributed by atoms with Crippen molar-refractivity contribution in [1.82, 2.24) is 19.4 Å². The molecule has 1 aliphatic rings. The number of piperidine rings is 1. The van der Waals surface area contributed by atoms with Gasteiger partial charge in [0.1, 0.15) is 4.90 Å². The molecule has 1 N–H and O–H groups in total. The van der Waals surface area contributed by atoms with Crippen LogP contribution in [0.25, 0.3) is 0 Å². The zero-order valence-corrected chi connectivity index (χ0v) is 13.8. The van der Waals surface area contributed by atoms with Crippen molar-refractivity contribution in [2.75, 3.05) is 26.2 Å². The van der Waals surface area contributed by atoms with Crippen molar-refractivity contribution < 1.29 is 8.42 Å². The van der Waals surface area contributed by atoms with E-state index in [0.717, 1.165) is 38.9 Å². The Hall–Kier alpha value is -0.920. The van der Waals surface area contributed by atoms with Crippen LogP contribution in [0.4, 0.5) is 0 Å². The van der Waals surface area contributed by atoms with Gasteiger partial charge in [-0.05, 0) is 38.3 Å². The van der Waals surface area contributed by atoms with Crippen molar-refractivity contribution in [1.29, 1.82) is 0 Å². The highest BCUT2D eigenvalue weighted by atomic mass is 32.2. The highest BCUT2D eigenvalue weighted by Crippen LogP contribution is 2.22. The lowest BCUT2D eigenvalue weighted by atomic mass is 10.0. The number of aromatic nitrogens is 2. The molecule has 0 radical (unpaired) electrons. The standard InChI is InChI=1S/C14H26N4O2S/c1-3-15-7-5-8-17-12-14(10-16-17)21(19,20)18-9-4-6-13(2)11-18/h10,12-13,15H,3-9,11H2,1-2H3. The van der Waals surface area contributed by atoms with Crippen LogP contribution >= 0.6 is 0 Å². The van der Waals surface area contributed by atoms with E-state index in [-0.39, 0.29) is 0 Å². The lowest BCUT2D eigenvalue weighted by Gasteiger charge is -2.29. The van der Waals surface area contributed by atoms with E-state index >= 15 is 0 Å². The Balaban J connectivity index is 1.98. The summed E-state index contributed by atoms with van der Waals surface area (Å²) in [5.41, 5.74) is 0. The minimum Gasteiger partial charge on any atom is -0.317 e. The van der Waals surface area contributed by atoms with E-state index in [1.807, 2.05) is 0 Å². The Kier molecular flexibility index (Phi) is 5.78. The second-order valence-corrected chi connectivity index (χ2v) is 7.69. The van der Waals surface area contributed by atoms with Crippen molar-refractivity contribution in [3.8, 4) is 0 Å². The highest BCUT2D eigenvalue weighted by molar-refractivity contribution is 7.89. The van der Waals surface area contributed by atoms with E-state index in [1.165, 1.54) is 6.20 Å². The molecule has 21 heavy (non-hydrogen) atoms. The van der Waals surface area contributed by atoms with Gasteiger partial charge in [-0.2, -0.15) is 9.40 Å². The maximum atomic E-state index is 12.6. The third-order valence-corrected chi connectivity index (χ3v) is 5.68. The Morgan fingerprint density at radius 2 is 2.29 bits per heavy atom. The van der Waals surface area contributed by atoms with Crippen molar-refractivity contribution >= 4 is 10.0 Å². The first-order valence-corrected chi connectivity index (χ1v) is 9.21. The van der Waals surface area contributed by atoms with Crippen molar-refractivity contribution in [3.05, 3.63) is 12.4 Å². The number of hydrogen-bond donors (Lipinski definition) is 1. The van der Waals surface area contributed by atoms with Crippen molar-refractivity contribution in [3.63, 3.8) is 0 Å². The summed E-state index contributed by atoms with van der Waals surface area (Å²) in [6.07, 6.45) is 6.12. The summed E-state index contributed by atoms with van der Waals surface area (Å²) in [5.74, 6) is 0.434. The average Bonchev–Trinajstić information content (AvgIpc) is 2.93. The molecule has 2 rings (SSSR count). The molecule has 0 saturated carbocycles. The van der Waals surface area contributed by atoms with Gasteiger partial charge < -0.3 is 5.32 Å². The number of rotatable bonds is 7. The second-order valence-electron chi connectivity index (χ2n) is 5.76. The van der Waals surface area contributed by atoms with E-state index in [0.29, 0.717) is 23.9 Å². The van der Waals surface area contributed by atoms with Crippen LogP contribution in [-0.2, 0) is 16.6 Å². The van der Waals surface area contributed by atoms with E-state index in [2.05, 4.69) is 24.3 Å². The number of sulfonamides is 1. The Labute approximate surface area is 127 Å². The third kappa shape index (κ3) is 4.28. The SMILES string of the molecule is CCNCCCn1cc(S(=O)(=O)N2CCCC(C)C2)cn1. The molecule has 1 saturated heterocycles. The molecular formula is C14H26N4O2S. The molecular weight excluding hydrogens is 288 g/mol. The molecule has 0 aromatic carbocycles. The Morgan fingerprint density at radius 3 is 3.00 bits per heavy atom. The molecule has 0 spiro atoms. The summed E-state index contributed by atoms with van der Waals surface area (Å²) < 4.78 is 28.5. The van der Waals surface area contributed by atoms with E-state index < -0.39 is 10.0 Å². The molecule has 1 atom stereocenters. The van der Waals surface area contributed by atoms with Gasteiger partial charge in [-0.15, -0.1) is 0 Å². The molecule has 0 aliphatic carbocycles. The van der Waals surface area contributed by atoms with Crippen molar-refractivity contribution in [2.45, 2.75) is 44.6 Å². The summed E-state index contributed by atoms with van der Waals surface area (Å²) in [5, 5.41) is 7.42. The molecule has 2 heterocycles. The number of nitrogens with one attached hydrogen (secondary N) is 1. The average molecular weight is 314 g/mol. The molecule has 0 bridgehead atoms. The maximum absolute atomic E-state index is 12.6. The predicted molar refractivity (Wildman–Crippen MR) is 82.5 cm³/mol. The molecule has 0 amide bonds. The fourth-order valence-electron chi connectivity index (χ4n) is 2.66. The Morgan fingerprint density at radius 1 is 1.48 bits per heavy atom. The molecule has 7 heteroatoms. The minimum atomic E-state index is -3.38. The molecule has 1 aromatic heterocycles. The lowest BCUT2D eigenvalue weighted by Crippen LogP contribution is -2.38. The molecule has 120 valence electrons. The maximum Gasteiger partial charge on any atom is 0.246 e. The van der Waals surface area contributed by atoms with E-state index in [4.69, 9.17) is 0 Å². The smallest absolute Gasteiger partial charge is 0.246 e.